The Morgan fingerprint density at radius 3 is 2.61 bits per heavy atom. The third-order valence-electron chi connectivity index (χ3n) is 4.76. The molecule has 0 saturated heterocycles. The lowest BCUT2D eigenvalue weighted by Gasteiger charge is -2.56. The average Bonchev–Trinajstić information content (AvgIpc) is 2.40. The molecule has 1 aliphatic rings. The fraction of sp³-hybridized carbons (Fsp3) is 0.733. The van der Waals surface area contributed by atoms with Crippen LogP contribution in [0.15, 0.2) is 18.6 Å². The summed E-state index contributed by atoms with van der Waals surface area (Å²) >= 11 is 0. The summed E-state index contributed by atoms with van der Waals surface area (Å²) in [4.78, 5) is 8.74. The molecule has 3 heteroatoms. The molecule has 3 nitrogen and oxygen atoms in total. The Hall–Kier alpha value is -0.960. The van der Waals surface area contributed by atoms with Gasteiger partial charge in [0.05, 0.1) is 5.69 Å². The van der Waals surface area contributed by atoms with Crippen molar-refractivity contribution in [2.45, 2.75) is 58.4 Å². The van der Waals surface area contributed by atoms with Crippen molar-refractivity contribution in [3.05, 3.63) is 24.3 Å². The van der Waals surface area contributed by atoms with E-state index < -0.39 is 0 Å². The van der Waals surface area contributed by atoms with Crippen LogP contribution in [0.5, 0.6) is 0 Å². The number of hydrogen-bond acceptors (Lipinski definition) is 3. The Labute approximate surface area is 110 Å². The smallest absolute Gasteiger partial charge is 0.0624 e. The van der Waals surface area contributed by atoms with Gasteiger partial charge in [-0.1, -0.05) is 20.8 Å². The van der Waals surface area contributed by atoms with E-state index in [1.165, 1.54) is 31.4 Å². The topological polar surface area (TPSA) is 37.8 Å². The molecule has 1 saturated carbocycles. The second kappa shape index (κ2) is 5.79. The maximum atomic E-state index is 4.52. The van der Waals surface area contributed by atoms with Crippen molar-refractivity contribution in [2.24, 2.45) is 5.41 Å². The molecule has 100 valence electrons. The van der Waals surface area contributed by atoms with Crippen molar-refractivity contribution in [3.8, 4) is 0 Å². The van der Waals surface area contributed by atoms with E-state index in [-0.39, 0.29) is 0 Å². The molecule has 2 atom stereocenters. The SMILES string of the molecule is CCCNC1CC(c2cnccn2)C1(CC)CC. The maximum absolute atomic E-state index is 4.52. The number of aromatic nitrogens is 2. The molecule has 0 spiro atoms. The van der Waals surface area contributed by atoms with Crippen LogP contribution < -0.4 is 5.32 Å². The van der Waals surface area contributed by atoms with Gasteiger partial charge in [0, 0.05) is 30.6 Å². The van der Waals surface area contributed by atoms with Crippen molar-refractivity contribution in [2.75, 3.05) is 6.54 Å². The van der Waals surface area contributed by atoms with E-state index in [9.17, 15) is 0 Å². The number of rotatable bonds is 6. The van der Waals surface area contributed by atoms with E-state index >= 15 is 0 Å². The largest absolute Gasteiger partial charge is 0.313 e. The number of nitrogens with zero attached hydrogens (tertiary/aromatic N) is 2. The van der Waals surface area contributed by atoms with Gasteiger partial charge in [-0.2, -0.15) is 0 Å². The fourth-order valence-electron chi connectivity index (χ4n) is 3.53. The quantitative estimate of drug-likeness (QED) is 0.839. The predicted octanol–water partition coefficient (Wildman–Crippen LogP) is 3.14. The first-order valence-electron chi connectivity index (χ1n) is 7.27. The molecule has 1 fully saturated rings. The van der Waals surface area contributed by atoms with Crippen LogP contribution in [0.2, 0.25) is 0 Å². The van der Waals surface area contributed by atoms with Crippen LogP contribution in [0.1, 0.15) is 58.1 Å². The van der Waals surface area contributed by atoms with E-state index in [1.54, 1.807) is 6.20 Å². The van der Waals surface area contributed by atoms with Gasteiger partial charge in [0.15, 0.2) is 0 Å². The first-order chi connectivity index (χ1) is 8.78. The highest BCUT2D eigenvalue weighted by molar-refractivity contribution is 5.20. The van der Waals surface area contributed by atoms with Gasteiger partial charge in [0.2, 0.25) is 0 Å². The summed E-state index contributed by atoms with van der Waals surface area (Å²) < 4.78 is 0. The number of nitrogens with one attached hydrogen (secondary N) is 1. The van der Waals surface area contributed by atoms with Gasteiger partial charge < -0.3 is 5.32 Å². The molecule has 1 N–H and O–H groups in total. The van der Waals surface area contributed by atoms with Crippen molar-refractivity contribution < 1.29 is 0 Å². The van der Waals surface area contributed by atoms with Crippen LogP contribution >= 0.6 is 0 Å². The second-order valence-corrected chi connectivity index (χ2v) is 5.37. The highest BCUT2D eigenvalue weighted by Gasteiger charge is 2.53. The fourth-order valence-corrected chi connectivity index (χ4v) is 3.53. The summed E-state index contributed by atoms with van der Waals surface area (Å²) in [6.45, 7) is 7.98. The van der Waals surface area contributed by atoms with Crippen LogP contribution in [0.3, 0.4) is 0 Å². The molecule has 1 aromatic rings. The number of hydrogen-bond donors (Lipinski definition) is 1. The molecule has 1 aliphatic carbocycles. The molecule has 2 unspecified atom stereocenters. The molecular weight excluding hydrogens is 222 g/mol. The molecule has 18 heavy (non-hydrogen) atoms. The van der Waals surface area contributed by atoms with Crippen LogP contribution in [0, 0.1) is 5.41 Å². The summed E-state index contributed by atoms with van der Waals surface area (Å²) in [7, 11) is 0. The van der Waals surface area contributed by atoms with Gasteiger partial charge >= 0.3 is 0 Å². The second-order valence-electron chi connectivity index (χ2n) is 5.37. The average molecular weight is 247 g/mol. The maximum Gasteiger partial charge on any atom is 0.0624 e. The zero-order chi connectivity index (χ0) is 13.0. The zero-order valence-electron chi connectivity index (χ0n) is 11.8. The van der Waals surface area contributed by atoms with Crippen LogP contribution in [-0.2, 0) is 0 Å². The summed E-state index contributed by atoms with van der Waals surface area (Å²) in [6.07, 6.45) is 10.4. The Morgan fingerprint density at radius 1 is 1.28 bits per heavy atom. The molecule has 0 radical (unpaired) electrons. The van der Waals surface area contributed by atoms with Crippen molar-refractivity contribution in [3.63, 3.8) is 0 Å². The molecule has 0 aromatic carbocycles. The summed E-state index contributed by atoms with van der Waals surface area (Å²) in [5, 5.41) is 3.71. The molecule has 1 aromatic heterocycles. The lowest BCUT2D eigenvalue weighted by atomic mass is 9.52. The lowest BCUT2D eigenvalue weighted by molar-refractivity contribution is 0.0178. The lowest BCUT2D eigenvalue weighted by Crippen LogP contribution is -2.58. The van der Waals surface area contributed by atoms with E-state index in [0.717, 1.165) is 6.54 Å². The van der Waals surface area contributed by atoms with E-state index in [1.807, 2.05) is 12.4 Å². The van der Waals surface area contributed by atoms with E-state index in [2.05, 4.69) is 36.1 Å². The van der Waals surface area contributed by atoms with Crippen molar-refractivity contribution in [1.82, 2.24) is 15.3 Å². The van der Waals surface area contributed by atoms with Gasteiger partial charge in [-0.25, -0.2) is 0 Å². The van der Waals surface area contributed by atoms with Crippen LogP contribution in [0.4, 0.5) is 0 Å². The van der Waals surface area contributed by atoms with E-state index in [0.29, 0.717) is 17.4 Å². The van der Waals surface area contributed by atoms with Gasteiger partial charge in [0.1, 0.15) is 0 Å². The van der Waals surface area contributed by atoms with E-state index in [4.69, 9.17) is 0 Å². The normalized spacial score (nSPS) is 25.7. The zero-order valence-corrected chi connectivity index (χ0v) is 11.8. The Kier molecular flexibility index (Phi) is 4.33. The van der Waals surface area contributed by atoms with Crippen LogP contribution in [0.25, 0.3) is 0 Å². The van der Waals surface area contributed by atoms with Crippen molar-refractivity contribution in [1.29, 1.82) is 0 Å². The predicted molar refractivity (Wildman–Crippen MR) is 74.5 cm³/mol. The molecule has 1 heterocycles. The molecular formula is C15H25N3. The monoisotopic (exact) mass is 247 g/mol. The standard InChI is InChI=1S/C15H25N3/c1-4-7-18-14-10-12(15(14,5-2)6-3)13-11-16-8-9-17-13/h8-9,11-12,14,18H,4-7,10H2,1-3H3. The third-order valence-corrected chi connectivity index (χ3v) is 4.76. The highest BCUT2D eigenvalue weighted by atomic mass is 15.0. The summed E-state index contributed by atoms with van der Waals surface area (Å²) in [5.41, 5.74) is 1.56. The Balaban J connectivity index is 2.14. The highest BCUT2D eigenvalue weighted by Crippen LogP contribution is 2.56. The summed E-state index contributed by atoms with van der Waals surface area (Å²) in [5.74, 6) is 0.579. The molecule has 0 aliphatic heterocycles. The van der Waals surface area contributed by atoms with Gasteiger partial charge in [-0.3, -0.25) is 9.97 Å². The molecule has 0 amide bonds. The first kappa shape index (κ1) is 13.5. The third kappa shape index (κ3) is 2.16. The van der Waals surface area contributed by atoms with Gasteiger partial charge in [0.25, 0.3) is 0 Å². The molecule has 0 bridgehead atoms. The van der Waals surface area contributed by atoms with Gasteiger partial charge in [-0.15, -0.1) is 0 Å². The minimum atomic E-state index is 0.380. The molecule has 2 rings (SSSR count). The Morgan fingerprint density at radius 2 is 2.06 bits per heavy atom. The van der Waals surface area contributed by atoms with Crippen molar-refractivity contribution >= 4 is 0 Å². The summed E-state index contributed by atoms with van der Waals surface area (Å²) in [6, 6.07) is 0.652. The first-order valence-corrected chi connectivity index (χ1v) is 7.27. The minimum Gasteiger partial charge on any atom is -0.313 e. The minimum absolute atomic E-state index is 0.380. The Bertz CT molecular complexity index is 359. The van der Waals surface area contributed by atoms with Crippen LogP contribution in [-0.4, -0.2) is 22.6 Å². The van der Waals surface area contributed by atoms with Gasteiger partial charge in [-0.05, 0) is 37.6 Å².